The number of carbonyl (C=O) groups is 1. The Kier molecular flexibility index (Phi) is 5.07. The Balaban J connectivity index is 1.72. The molecule has 0 spiro atoms. The zero-order valence-electron chi connectivity index (χ0n) is 14.3. The van der Waals surface area contributed by atoms with E-state index in [9.17, 15) is 9.18 Å². The first-order valence-electron chi connectivity index (χ1n) is 7.86. The molecule has 0 fully saturated rings. The van der Waals surface area contributed by atoms with E-state index in [0.29, 0.717) is 17.3 Å². The first-order valence-corrected chi connectivity index (χ1v) is 7.86. The maximum absolute atomic E-state index is 13.2. The number of amides is 1. The standard InChI is InChI=1S/C19H17FN4O2/c1-12-6-7-17(26-2)15(8-12)24-18-11-21-16(10-22-18)19(25)23-14-5-3-4-13(20)9-14/h3-11H,1-2H3,(H,22,24)(H,23,25). The van der Waals surface area contributed by atoms with Crippen molar-refractivity contribution in [2.75, 3.05) is 17.7 Å². The van der Waals surface area contributed by atoms with Crippen LogP contribution >= 0.6 is 0 Å². The number of hydrogen-bond donors (Lipinski definition) is 2. The lowest BCUT2D eigenvalue weighted by Gasteiger charge is -2.11. The average Bonchev–Trinajstić information content (AvgIpc) is 2.62. The molecule has 26 heavy (non-hydrogen) atoms. The lowest BCUT2D eigenvalue weighted by Crippen LogP contribution is -2.14. The summed E-state index contributed by atoms with van der Waals surface area (Å²) in [6.07, 6.45) is 2.79. The molecule has 2 aromatic carbocycles. The Hall–Kier alpha value is -3.48. The molecule has 0 saturated heterocycles. The van der Waals surface area contributed by atoms with Gasteiger partial charge in [-0.2, -0.15) is 0 Å². The van der Waals surface area contributed by atoms with Crippen molar-refractivity contribution in [3.05, 3.63) is 71.9 Å². The van der Waals surface area contributed by atoms with Gasteiger partial charge in [-0.05, 0) is 42.8 Å². The van der Waals surface area contributed by atoms with Gasteiger partial charge in [-0.25, -0.2) is 14.4 Å². The first-order chi connectivity index (χ1) is 12.5. The minimum Gasteiger partial charge on any atom is -0.495 e. The lowest BCUT2D eigenvalue weighted by molar-refractivity contribution is 0.102. The summed E-state index contributed by atoms with van der Waals surface area (Å²) in [5.74, 6) is 0.241. The summed E-state index contributed by atoms with van der Waals surface area (Å²) in [6.45, 7) is 1.97. The number of aryl methyl sites for hydroxylation is 1. The summed E-state index contributed by atoms with van der Waals surface area (Å²) in [5.41, 5.74) is 2.28. The molecule has 0 atom stereocenters. The number of carbonyl (C=O) groups excluding carboxylic acids is 1. The van der Waals surface area contributed by atoms with Crippen LogP contribution in [0, 0.1) is 12.7 Å². The zero-order valence-corrected chi connectivity index (χ0v) is 14.3. The van der Waals surface area contributed by atoms with Crippen LogP contribution in [0.15, 0.2) is 54.9 Å². The topological polar surface area (TPSA) is 76.1 Å². The molecule has 132 valence electrons. The molecular formula is C19H17FN4O2. The molecule has 1 heterocycles. The number of halogens is 1. The Bertz CT molecular complexity index is 929. The third-order valence-electron chi connectivity index (χ3n) is 3.58. The fourth-order valence-electron chi connectivity index (χ4n) is 2.33. The summed E-state index contributed by atoms with van der Waals surface area (Å²) in [4.78, 5) is 20.5. The van der Waals surface area contributed by atoms with Crippen LogP contribution in [0.5, 0.6) is 5.75 Å². The third kappa shape index (κ3) is 4.13. The van der Waals surface area contributed by atoms with Crippen molar-refractivity contribution in [1.29, 1.82) is 0 Å². The third-order valence-corrected chi connectivity index (χ3v) is 3.58. The highest BCUT2D eigenvalue weighted by atomic mass is 19.1. The van der Waals surface area contributed by atoms with Gasteiger partial charge in [0.25, 0.3) is 5.91 Å². The first kappa shape index (κ1) is 17.3. The number of nitrogens with one attached hydrogen (secondary N) is 2. The fourth-order valence-corrected chi connectivity index (χ4v) is 2.33. The molecule has 0 aliphatic carbocycles. The van der Waals surface area contributed by atoms with Crippen molar-refractivity contribution < 1.29 is 13.9 Å². The Morgan fingerprint density at radius 2 is 1.96 bits per heavy atom. The summed E-state index contributed by atoms with van der Waals surface area (Å²) < 4.78 is 18.5. The number of rotatable bonds is 5. The van der Waals surface area contributed by atoms with E-state index in [1.807, 2.05) is 25.1 Å². The van der Waals surface area contributed by atoms with Crippen molar-refractivity contribution in [2.24, 2.45) is 0 Å². The molecule has 2 N–H and O–H groups in total. The van der Waals surface area contributed by atoms with E-state index in [2.05, 4.69) is 20.6 Å². The monoisotopic (exact) mass is 352 g/mol. The molecular weight excluding hydrogens is 335 g/mol. The molecule has 1 aromatic heterocycles. The van der Waals surface area contributed by atoms with Gasteiger partial charge in [0.1, 0.15) is 23.1 Å². The van der Waals surface area contributed by atoms with E-state index >= 15 is 0 Å². The number of anilines is 3. The molecule has 7 heteroatoms. The molecule has 3 aromatic rings. The predicted octanol–water partition coefficient (Wildman–Crippen LogP) is 3.93. The van der Waals surface area contributed by atoms with Crippen LogP contribution in [0.1, 0.15) is 16.1 Å². The number of methoxy groups -OCH3 is 1. The van der Waals surface area contributed by atoms with Crippen molar-refractivity contribution in [3.63, 3.8) is 0 Å². The highest BCUT2D eigenvalue weighted by Gasteiger charge is 2.10. The van der Waals surface area contributed by atoms with Crippen LogP contribution in [0.3, 0.4) is 0 Å². The van der Waals surface area contributed by atoms with Gasteiger partial charge < -0.3 is 15.4 Å². The summed E-state index contributed by atoms with van der Waals surface area (Å²) in [6, 6.07) is 11.3. The van der Waals surface area contributed by atoms with E-state index in [0.717, 1.165) is 11.3 Å². The van der Waals surface area contributed by atoms with Crippen LogP contribution in [-0.4, -0.2) is 23.0 Å². The molecule has 0 unspecified atom stereocenters. The fraction of sp³-hybridized carbons (Fsp3) is 0.105. The van der Waals surface area contributed by atoms with E-state index in [1.165, 1.54) is 30.6 Å². The highest BCUT2D eigenvalue weighted by molar-refractivity contribution is 6.02. The van der Waals surface area contributed by atoms with Gasteiger partial charge in [0.15, 0.2) is 0 Å². The van der Waals surface area contributed by atoms with Crippen LogP contribution < -0.4 is 15.4 Å². The predicted molar refractivity (Wildman–Crippen MR) is 97.4 cm³/mol. The van der Waals surface area contributed by atoms with Crippen LogP contribution in [0.25, 0.3) is 0 Å². The van der Waals surface area contributed by atoms with E-state index < -0.39 is 11.7 Å². The molecule has 0 bridgehead atoms. The average molecular weight is 352 g/mol. The molecule has 0 aliphatic rings. The lowest BCUT2D eigenvalue weighted by atomic mass is 10.2. The molecule has 1 amide bonds. The largest absolute Gasteiger partial charge is 0.495 e. The Morgan fingerprint density at radius 1 is 1.12 bits per heavy atom. The number of ether oxygens (including phenoxy) is 1. The van der Waals surface area contributed by atoms with Crippen molar-refractivity contribution >= 4 is 23.1 Å². The minimum absolute atomic E-state index is 0.121. The van der Waals surface area contributed by atoms with E-state index in [1.54, 1.807) is 13.2 Å². The SMILES string of the molecule is COc1ccc(C)cc1Nc1cnc(C(=O)Nc2cccc(F)c2)cn1. The summed E-state index contributed by atoms with van der Waals surface area (Å²) in [7, 11) is 1.58. The van der Waals surface area contributed by atoms with Gasteiger partial charge in [-0.3, -0.25) is 4.79 Å². The highest BCUT2D eigenvalue weighted by Crippen LogP contribution is 2.27. The second-order valence-electron chi connectivity index (χ2n) is 5.58. The number of hydrogen-bond acceptors (Lipinski definition) is 5. The van der Waals surface area contributed by atoms with Gasteiger partial charge in [0.2, 0.25) is 0 Å². The van der Waals surface area contributed by atoms with E-state index in [-0.39, 0.29) is 5.69 Å². The van der Waals surface area contributed by atoms with Crippen molar-refractivity contribution in [1.82, 2.24) is 9.97 Å². The second kappa shape index (κ2) is 7.60. The zero-order chi connectivity index (χ0) is 18.5. The smallest absolute Gasteiger partial charge is 0.275 e. The minimum atomic E-state index is -0.470. The van der Waals surface area contributed by atoms with Gasteiger partial charge >= 0.3 is 0 Å². The van der Waals surface area contributed by atoms with Crippen molar-refractivity contribution in [3.8, 4) is 5.75 Å². The van der Waals surface area contributed by atoms with Crippen molar-refractivity contribution in [2.45, 2.75) is 6.92 Å². The normalized spacial score (nSPS) is 10.3. The summed E-state index contributed by atoms with van der Waals surface area (Å²) in [5, 5.41) is 5.68. The maximum atomic E-state index is 13.2. The Labute approximate surface area is 150 Å². The molecule has 6 nitrogen and oxygen atoms in total. The van der Waals surface area contributed by atoms with Gasteiger partial charge in [-0.15, -0.1) is 0 Å². The second-order valence-corrected chi connectivity index (χ2v) is 5.58. The van der Waals surface area contributed by atoms with Gasteiger partial charge in [-0.1, -0.05) is 12.1 Å². The number of nitrogens with zero attached hydrogens (tertiary/aromatic N) is 2. The van der Waals surface area contributed by atoms with Crippen LogP contribution in [0.4, 0.5) is 21.6 Å². The van der Waals surface area contributed by atoms with E-state index in [4.69, 9.17) is 4.74 Å². The quantitative estimate of drug-likeness (QED) is 0.728. The van der Waals surface area contributed by atoms with Gasteiger partial charge in [0, 0.05) is 5.69 Å². The summed E-state index contributed by atoms with van der Waals surface area (Å²) >= 11 is 0. The number of aromatic nitrogens is 2. The maximum Gasteiger partial charge on any atom is 0.275 e. The van der Waals surface area contributed by atoms with Crippen LogP contribution in [0.2, 0.25) is 0 Å². The molecule has 0 saturated carbocycles. The van der Waals surface area contributed by atoms with Crippen LogP contribution in [-0.2, 0) is 0 Å². The Morgan fingerprint density at radius 3 is 2.65 bits per heavy atom. The number of benzene rings is 2. The van der Waals surface area contributed by atoms with Gasteiger partial charge in [0.05, 0.1) is 25.2 Å². The molecule has 3 rings (SSSR count). The molecule has 0 aliphatic heterocycles. The molecule has 0 radical (unpaired) electrons.